The van der Waals surface area contributed by atoms with Gasteiger partial charge in [-0.3, -0.25) is 0 Å². The predicted molar refractivity (Wildman–Crippen MR) is 52.1 cm³/mol. The summed E-state index contributed by atoms with van der Waals surface area (Å²) in [5.74, 6) is 0. The first kappa shape index (κ1) is 9.02. The summed E-state index contributed by atoms with van der Waals surface area (Å²) in [6.07, 6.45) is 4.28. The highest BCUT2D eigenvalue weighted by atomic mass is 15.2. The van der Waals surface area contributed by atoms with E-state index in [0.29, 0.717) is 5.41 Å². The van der Waals surface area contributed by atoms with Gasteiger partial charge in [0.05, 0.1) is 11.5 Å². The number of nitriles is 1. The van der Waals surface area contributed by atoms with Gasteiger partial charge in [-0.15, -0.1) is 0 Å². The average molecular weight is 178 g/mol. The molecular formula is C11H18N2. The summed E-state index contributed by atoms with van der Waals surface area (Å²) >= 11 is 0. The van der Waals surface area contributed by atoms with Crippen molar-refractivity contribution in [1.29, 1.82) is 5.26 Å². The van der Waals surface area contributed by atoms with Crippen molar-refractivity contribution in [2.24, 2.45) is 10.8 Å². The zero-order valence-electron chi connectivity index (χ0n) is 8.64. The molecule has 1 spiro atoms. The van der Waals surface area contributed by atoms with E-state index in [1.807, 2.05) is 13.8 Å². The Morgan fingerprint density at radius 1 is 1.38 bits per heavy atom. The lowest BCUT2D eigenvalue weighted by molar-refractivity contribution is -0.0695. The summed E-state index contributed by atoms with van der Waals surface area (Å²) in [7, 11) is 0. The Balaban J connectivity index is 1.78. The van der Waals surface area contributed by atoms with Crippen LogP contribution >= 0.6 is 0 Å². The topological polar surface area (TPSA) is 27.0 Å². The van der Waals surface area contributed by atoms with Crippen LogP contribution < -0.4 is 0 Å². The Kier molecular flexibility index (Phi) is 1.89. The van der Waals surface area contributed by atoms with Gasteiger partial charge in [-0.2, -0.15) is 5.26 Å². The highest BCUT2D eigenvalue weighted by Gasteiger charge is 2.47. The summed E-state index contributed by atoms with van der Waals surface area (Å²) in [5.41, 5.74) is 0.539. The maximum Gasteiger partial charge on any atom is 0.0697 e. The van der Waals surface area contributed by atoms with Gasteiger partial charge >= 0.3 is 0 Å². The van der Waals surface area contributed by atoms with E-state index in [1.165, 1.54) is 32.4 Å². The molecule has 0 atom stereocenters. The van der Waals surface area contributed by atoms with Crippen LogP contribution in [0.2, 0.25) is 0 Å². The quantitative estimate of drug-likeness (QED) is 0.647. The predicted octanol–water partition coefficient (Wildman–Crippen LogP) is 2.02. The molecule has 13 heavy (non-hydrogen) atoms. The van der Waals surface area contributed by atoms with Crippen molar-refractivity contribution < 1.29 is 0 Å². The fraction of sp³-hybridized carbons (Fsp3) is 0.909. The van der Waals surface area contributed by atoms with Crippen LogP contribution in [0.4, 0.5) is 0 Å². The molecule has 1 saturated carbocycles. The smallest absolute Gasteiger partial charge is 0.0697 e. The second-order valence-corrected chi connectivity index (χ2v) is 5.49. The molecule has 1 aliphatic carbocycles. The molecule has 72 valence electrons. The lowest BCUT2D eigenvalue weighted by atomic mass is 9.63. The largest absolute Gasteiger partial charge is 0.301 e. The second kappa shape index (κ2) is 2.72. The fourth-order valence-electron chi connectivity index (χ4n) is 2.60. The molecule has 0 bridgehead atoms. The molecule has 2 heteroatoms. The van der Waals surface area contributed by atoms with Crippen LogP contribution in [0.15, 0.2) is 0 Å². The van der Waals surface area contributed by atoms with Crippen molar-refractivity contribution >= 4 is 0 Å². The van der Waals surface area contributed by atoms with Gasteiger partial charge in [-0.25, -0.2) is 0 Å². The third-order valence-electron chi connectivity index (χ3n) is 3.45. The molecule has 1 saturated heterocycles. The Bertz CT molecular complexity index is 237. The number of rotatable bonds is 2. The van der Waals surface area contributed by atoms with Crippen LogP contribution in [0.25, 0.3) is 0 Å². The molecular weight excluding hydrogens is 160 g/mol. The van der Waals surface area contributed by atoms with Gasteiger partial charge in [-0.1, -0.05) is 6.42 Å². The van der Waals surface area contributed by atoms with Gasteiger partial charge in [0.2, 0.25) is 0 Å². The van der Waals surface area contributed by atoms with Crippen molar-refractivity contribution in [3.8, 4) is 6.07 Å². The average Bonchev–Trinajstić information content (AvgIpc) is 1.92. The van der Waals surface area contributed by atoms with Crippen molar-refractivity contribution in [2.75, 3.05) is 19.6 Å². The van der Waals surface area contributed by atoms with Crippen LogP contribution in [-0.2, 0) is 0 Å². The molecule has 0 amide bonds. The first-order chi connectivity index (χ1) is 6.05. The Morgan fingerprint density at radius 2 is 2.00 bits per heavy atom. The molecule has 0 radical (unpaired) electrons. The molecule has 2 fully saturated rings. The van der Waals surface area contributed by atoms with E-state index in [-0.39, 0.29) is 5.41 Å². The molecule has 0 aromatic heterocycles. The fourth-order valence-corrected chi connectivity index (χ4v) is 2.60. The lowest BCUT2D eigenvalue weighted by Crippen LogP contribution is -2.61. The van der Waals surface area contributed by atoms with Crippen LogP contribution in [0, 0.1) is 22.2 Å². The van der Waals surface area contributed by atoms with Gasteiger partial charge in [0.1, 0.15) is 0 Å². The van der Waals surface area contributed by atoms with E-state index in [9.17, 15) is 0 Å². The minimum absolute atomic E-state index is 0.161. The molecule has 0 aromatic rings. The number of hydrogen-bond acceptors (Lipinski definition) is 2. The molecule has 0 unspecified atom stereocenters. The van der Waals surface area contributed by atoms with Crippen LogP contribution in [-0.4, -0.2) is 24.5 Å². The lowest BCUT2D eigenvalue weighted by Gasteiger charge is -2.57. The third-order valence-corrected chi connectivity index (χ3v) is 3.45. The Hall–Kier alpha value is -0.550. The first-order valence-corrected chi connectivity index (χ1v) is 5.19. The normalized spacial score (nSPS) is 26.2. The van der Waals surface area contributed by atoms with Crippen molar-refractivity contribution in [3.05, 3.63) is 0 Å². The maximum atomic E-state index is 8.89. The maximum absolute atomic E-state index is 8.89. The molecule has 2 nitrogen and oxygen atoms in total. The van der Waals surface area contributed by atoms with Crippen LogP contribution in [0.1, 0.15) is 33.1 Å². The highest BCUT2D eigenvalue weighted by molar-refractivity contribution is 5.03. The standard InChI is InChI=1S/C11H18N2/c1-10(2,6-12)7-13-8-11(9-13)4-3-5-11/h3-5,7-9H2,1-2H3. The zero-order chi connectivity index (χ0) is 9.53. The van der Waals surface area contributed by atoms with Crippen molar-refractivity contribution in [1.82, 2.24) is 4.90 Å². The first-order valence-electron chi connectivity index (χ1n) is 5.19. The van der Waals surface area contributed by atoms with Gasteiger partial charge in [0.25, 0.3) is 0 Å². The summed E-state index contributed by atoms with van der Waals surface area (Å²) in [5, 5.41) is 8.89. The van der Waals surface area contributed by atoms with Gasteiger partial charge in [0.15, 0.2) is 0 Å². The minimum atomic E-state index is -0.161. The molecule has 2 rings (SSSR count). The number of likely N-dealkylation sites (tertiary alicyclic amines) is 1. The minimum Gasteiger partial charge on any atom is -0.301 e. The van der Waals surface area contributed by atoms with Crippen LogP contribution in [0.5, 0.6) is 0 Å². The second-order valence-electron chi connectivity index (χ2n) is 5.49. The van der Waals surface area contributed by atoms with Crippen molar-refractivity contribution in [3.63, 3.8) is 0 Å². The van der Waals surface area contributed by atoms with Gasteiger partial charge in [-0.05, 0) is 32.1 Å². The summed E-state index contributed by atoms with van der Waals surface area (Å²) in [6.45, 7) is 7.50. The van der Waals surface area contributed by atoms with Crippen LogP contribution in [0.3, 0.4) is 0 Å². The van der Waals surface area contributed by atoms with E-state index < -0.39 is 0 Å². The number of hydrogen-bond donors (Lipinski definition) is 0. The highest BCUT2D eigenvalue weighted by Crippen LogP contribution is 2.48. The van der Waals surface area contributed by atoms with E-state index in [1.54, 1.807) is 0 Å². The monoisotopic (exact) mass is 178 g/mol. The zero-order valence-corrected chi connectivity index (χ0v) is 8.64. The molecule has 1 aliphatic heterocycles. The Labute approximate surface area is 80.5 Å². The summed E-state index contributed by atoms with van der Waals surface area (Å²) in [6, 6.07) is 2.36. The molecule has 0 aromatic carbocycles. The molecule has 0 N–H and O–H groups in total. The van der Waals surface area contributed by atoms with Gasteiger partial charge < -0.3 is 4.90 Å². The van der Waals surface area contributed by atoms with E-state index in [2.05, 4.69) is 11.0 Å². The van der Waals surface area contributed by atoms with E-state index in [4.69, 9.17) is 5.26 Å². The van der Waals surface area contributed by atoms with E-state index in [0.717, 1.165) is 6.54 Å². The molecule has 1 heterocycles. The molecule has 2 aliphatic rings. The SMILES string of the molecule is CC(C)(C#N)CN1CC2(CCC2)C1. The summed E-state index contributed by atoms with van der Waals surface area (Å²) < 4.78 is 0. The van der Waals surface area contributed by atoms with E-state index >= 15 is 0 Å². The number of nitrogens with zero attached hydrogens (tertiary/aromatic N) is 2. The summed E-state index contributed by atoms with van der Waals surface area (Å²) in [4.78, 5) is 2.43. The van der Waals surface area contributed by atoms with Gasteiger partial charge in [0, 0.05) is 19.6 Å². The Morgan fingerprint density at radius 3 is 2.38 bits per heavy atom. The van der Waals surface area contributed by atoms with Crippen molar-refractivity contribution in [2.45, 2.75) is 33.1 Å². The third kappa shape index (κ3) is 1.58.